The number of rotatable bonds is 5. The minimum Gasteiger partial charge on any atom is -0.378 e. The average Bonchev–Trinajstić information content (AvgIpc) is 3.46. The van der Waals surface area contributed by atoms with Crippen molar-refractivity contribution in [2.45, 2.75) is 46.6 Å². The van der Waals surface area contributed by atoms with Gasteiger partial charge in [-0.2, -0.15) is 0 Å². The molecule has 1 aromatic heterocycles. The summed E-state index contributed by atoms with van der Waals surface area (Å²) < 4.78 is 6.29. The van der Waals surface area contributed by atoms with Crippen LogP contribution in [0.5, 0.6) is 0 Å². The number of hydrogen-bond acceptors (Lipinski definition) is 8. The Morgan fingerprint density at radius 3 is 2.75 bits per heavy atom. The lowest BCUT2D eigenvalue weighted by Gasteiger charge is -2.25. The van der Waals surface area contributed by atoms with Gasteiger partial charge in [0.25, 0.3) is 5.91 Å². The second kappa shape index (κ2) is 7.98. The van der Waals surface area contributed by atoms with Gasteiger partial charge in [-0.05, 0) is 43.5 Å². The molecule has 3 aliphatic heterocycles. The van der Waals surface area contributed by atoms with Gasteiger partial charge in [0, 0.05) is 41.7 Å². The molecule has 9 heteroatoms. The molecule has 3 atom stereocenters. The summed E-state index contributed by atoms with van der Waals surface area (Å²) in [6.07, 6.45) is 3.45. The van der Waals surface area contributed by atoms with Crippen LogP contribution in [0.25, 0.3) is 0 Å². The molecule has 1 amide bonds. The summed E-state index contributed by atoms with van der Waals surface area (Å²) in [5.41, 5.74) is 0.707. The molecule has 2 bridgehead atoms. The summed E-state index contributed by atoms with van der Waals surface area (Å²) in [5, 5.41) is 16.3. The van der Waals surface area contributed by atoms with Crippen LogP contribution in [0.2, 0.25) is 0 Å². The largest absolute Gasteiger partial charge is 0.378 e. The number of carbonyl (C=O) groups is 1. The molecule has 28 heavy (non-hydrogen) atoms. The van der Waals surface area contributed by atoms with Gasteiger partial charge in [-0.3, -0.25) is 4.79 Å². The van der Waals surface area contributed by atoms with Crippen molar-refractivity contribution in [2.24, 2.45) is 0 Å². The molecule has 0 unspecified atom stereocenters. The van der Waals surface area contributed by atoms with Crippen LogP contribution in [0.3, 0.4) is 0 Å². The highest BCUT2D eigenvalue weighted by Gasteiger charge is 2.39. The third-order valence-electron chi connectivity index (χ3n) is 5.62. The van der Waals surface area contributed by atoms with Gasteiger partial charge in [0.15, 0.2) is 4.34 Å². The molecular weight excluding hydrogens is 394 g/mol. The number of morpholine rings is 1. The summed E-state index contributed by atoms with van der Waals surface area (Å²) in [6.45, 7) is 3.20. The molecule has 7 nitrogen and oxygen atoms in total. The molecule has 5 rings (SSSR count). The predicted molar refractivity (Wildman–Crippen MR) is 109 cm³/mol. The zero-order chi connectivity index (χ0) is 18.9. The fourth-order valence-electron chi connectivity index (χ4n) is 4.14. The molecule has 148 valence electrons. The Balaban J connectivity index is 1.18. The van der Waals surface area contributed by atoms with E-state index in [9.17, 15) is 4.79 Å². The third kappa shape index (κ3) is 3.89. The Bertz CT molecular complexity index is 837. The summed E-state index contributed by atoms with van der Waals surface area (Å²) in [5.74, 6) is 0.0152. The molecule has 0 aliphatic carbocycles. The molecule has 1 aromatic carbocycles. The first-order valence-electron chi connectivity index (χ1n) is 9.75. The Labute approximate surface area is 172 Å². The second-order valence-electron chi connectivity index (χ2n) is 7.44. The van der Waals surface area contributed by atoms with Crippen LogP contribution in [0.15, 0.2) is 33.5 Å². The van der Waals surface area contributed by atoms with Crippen LogP contribution in [0.1, 0.15) is 29.6 Å². The van der Waals surface area contributed by atoms with Gasteiger partial charge in [0.2, 0.25) is 5.13 Å². The molecule has 4 heterocycles. The summed E-state index contributed by atoms with van der Waals surface area (Å²) >= 11 is 3.18. The molecular formula is C19H23N5O2S2. The van der Waals surface area contributed by atoms with Crippen LogP contribution in [0, 0.1) is 0 Å². The highest BCUT2D eigenvalue weighted by atomic mass is 32.2. The maximum Gasteiger partial charge on any atom is 0.251 e. The van der Waals surface area contributed by atoms with Gasteiger partial charge in [0.1, 0.15) is 0 Å². The predicted octanol–water partition coefficient (Wildman–Crippen LogP) is 2.15. The molecule has 2 aromatic rings. The van der Waals surface area contributed by atoms with Crippen molar-refractivity contribution < 1.29 is 9.53 Å². The Hall–Kier alpha value is -1.68. The zero-order valence-electron chi connectivity index (χ0n) is 15.5. The van der Waals surface area contributed by atoms with Crippen LogP contribution < -0.4 is 15.5 Å². The molecule has 0 radical (unpaired) electrons. The number of ether oxygens (including phenoxy) is 1. The first-order chi connectivity index (χ1) is 13.7. The maximum atomic E-state index is 12.5. The highest BCUT2D eigenvalue weighted by molar-refractivity contribution is 8.01. The monoisotopic (exact) mass is 417 g/mol. The van der Waals surface area contributed by atoms with E-state index >= 15 is 0 Å². The van der Waals surface area contributed by atoms with Crippen molar-refractivity contribution >= 4 is 34.1 Å². The summed E-state index contributed by atoms with van der Waals surface area (Å²) in [7, 11) is 0. The van der Waals surface area contributed by atoms with E-state index in [0.29, 0.717) is 17.6 Å². The van der Waals surface area contributed by atoms with Crippen molar-refractivity contribution in [3.63, 3.8) is 0 Å². The SMILES string of the molecule is O=C(N[C@@H]1C[C@H]2CC[C@@H]1N2)c1ccc(Sc2nnc(N3CCOCC3)s2)cc1. The summed E-state index contributed by atoms with van der Waals surface area (Å²) in [4.78, 5) is 15.8. The molecule has 3 aliphatic rings. The van der Waals surface area contributed by atoms with Gasteiger partial charge < -0.3 is 20.3 Å². The quantitative estimate of drug-likeness (QED) is 0.772. The number of benzene rings is 1. The normalized spacial score (nSPS) is 26.6. The van der Waals surface area contributed by atoms with Gasteiger partial charge in [-0.1, -0.05) is 23.1 Å². The van der Waals surface area contributed by atoms with Crippen molar-refractivity contribution in [1.82, 2.24) is 20.8 Å². The van der Waals surface area contributed by atoms with Crippen molar-refractivity contribution in [2.75, 3.05) is 31.2 Å². The lowest BCUT2D eigenvalue weighted by molar-refractivity contribution is 0.0931. The van der Waals surface area contributed by atoms with Crippen LogP contribution in [-0.2, 0) is 4.74 Å². The van der Waals surface area contributed by atoms with Gasteiger partial charge >= 0.3 is 0 Å². The molecule has 0 saturated carbocycles. The fraction of sp³-hybridized carbons (Fsp3) is 0.526. The Kier molecular flexibility index (Phi) is 5.23. The van der Waals surface area contributed by atoms with Crippen LogP contribution in [-0.4, -0.2) is 60.5 Å². The standard InChI is InChI=1S/C19H23N5O2S2/c25-17(21-16-11-13-3-6-15(16)20-13)12-1-4-14(5-2-12)27-19-23-22-18(28-19)24-7-9-26-10-8-24/h1-2,4-5,13,15-16,20H,3,6-11H2,(H,21,25)/t13-,15+,16-/m1/s1. The van der Waals surface area contributed by atoms with Gasteiger partial charge in [-0.15, -0.1) is 10.2 Å². The first kappa shape index (κ1) is 18.4. The van der Waals surface area contributed by atoms with E-state index in [0.717, 1.165) is 47.1 Å². The number of fused-ring (bicyclic) bond motifs is 2. The molecule has 3 saturated heterocycles. The number of anilines is 1. The van der Waals surface area contributed by atoms with Crippen molar-refractivity contribution in [3.8, 4) is 0 Å². The van der Waals surface area contributed by atoms with E-state index in [1.165, 1.54) is 12.8 Å². The number of nitrogens with zero attached hydrogens (tertiary/aromatic N) is 3. The van der Waals surface area contributed by atoms with E-state index in [2.05, 4.69) is 25.7 Å². The van der Waals surface area contributed by atoms with Crippen LogP contribution >= 0.6 is 23.1 Å². The van der Waals surface area contributed by atoms with E-state index in [-0.39, 0.29) is 11.9 Å². The number of aromatic nitrogens is 2. The van der Waals surface area contributed by atoms with Gasteiger partial charge in [-0.25, -0.2) is 0 Å². The van der Waals surface area contributed by atoms with E-state index in [4.69, 9.17) is 4.74 Å². The molecule has 2 N–H and O–H groups in total. The van der Waals surface area contributed by atoms with E-state index < -0.39 is 0 Å². The lowest BCUT2D eigenvalue weighted by atomic mass is 9.95. The smallest absolute Gasteiger partial charge is 0.251 e. The minimum absolute atomic E-state index is 0.0152. The van der Waals surface area contributed by atoms with E-state index in [1.807, 2.05) is 24.3 Å². The topological polar surface area (TPSA) is 79.4 Å². The van der Waals surface area contributed by atoms with Crippen LogP contribution in [0.4, 0.5) is 5.13 Å². The Morgan fingerprint density at radius 1 is 1.21 bits per heavy atom. The minimum atomic E-state index is 0.0152. The summed E-state index contributed by atoms with van der Waals surface area (Å²) in [6, 6.07) is 9.04. The Morgan fingerprint density at radius 2 is 2.04 bits per heavy atom. The van der Waals surface area contributed by atoms with Gasteiger partial charge in [0.05, 0.1) is 13.2 Å². The third-order valence-corrected chi connectivity index (χ3v) is 7.66. The number of carbonyl (C=O) groups excluding carboxylic acids is 1. The highest BCUT2D eigenvalue weighted by Crippen LogP contribution is 2.33. The number of nitrogens with one attached hydrogen (secondary N) is 2. The maximum absolute atomic E-state index is 12.5. The number of amides is 1. The molecule has 0 spiro atoms. The number of hydrogen-bond donors (Lipinski definition) is 2. The fourth-order valence-corrected chi connectivity index (χ4v) is 6.00. The second-order valence-corrected chi connectivity index (χ2v) is 9.72. The lowest BCUT2D eigenvalue weighted by Crippen LogP contribution is -2.42. The van der Waals surface area contributed by atoms with Crippen molar-refractivity contribution in [1.29, 1.82) is 0 Å². The zero-order valence-corrected chi connectivity index (χ0v) is 17.1. The molecule has 3 fully saturated rings. The van der Waals surface area contributed by atoms with Crippen molar-refractivity contribution in [3.05, 3.63) is 29.8 Å². The van der Waals surface area contributed by atoms with E-state index in [1.54, 1.807) is 23.1 Å². The first-order valence-corrected chi connectivity index (χ1v) is 11.4. The average molecular weight is 418 g/mol.